The molecule has 106 valence electrons. The van der Waals surface area contributed by atoms with Crippen LogP contribution in [-0.4, -0.2) is 24.1 Å². The summed E-state index contributed by atoms with van der Waals surface area (Å²) in [6.07, 6.45) is 1.48. The predicted octanol–water partition coefficient (Wildman–Crippen LogP) is 4.15. The standard InChI is InChI=1S/C14H14Cl2N2O2/c1-3-17-13-9(14(19)20-4-2)7-18-11-6-8(15)5-10(16)12(11)13/h5-7H,3-4H2,1-2H3,(H,17,18). The number of esters is 1. The highest BCUT2D eigenvalue weighted by Gasteiger charge is 2.18. The van der Waals surface area contributed by atoms with Crippen LogP contribution in [0.25, 0.3) is 10.9 Å². The second-order valence-corrected chi connectivity index (χ2v) is 4.92. The Labute approximate surface area is 127 Å². The van der Waals surface area contributed by atoms with E-state index in [1.54, 1.807) is 19.1 Å². The molecule has 0 amide bonds. The van der Waals surface area contributed by atoms with Gasteiger partial charge in [0.15, 0.2) is 0 Å². The van der Waals surface area contributed by atoms with E-state index >= 15 is 0 Å². The number of fused-ring (bicyclic) bond motifs is 1. The highest BCUT2D eigenvalue weighted by Crippen LogP contribution is 2.34. The van der Waals surface area contributed by atoms with Crippen molar-refractivity contribution < 1.29 is 9.53 Å². The third kappa shape index (κ3) is 2.81. The Bertz CT molecular complexity index is 659. The molecular weight excluding hydrogens is 299 g/mol. The molecule has 4 nitrogen and oxygen atoms in total. The maximum Gasteiger partial charge on any atom is 0.341 e. The molecule has 0 fully saturated rings. The van der Waals surface area contributed by atoms with Crippen LogP contribution in [0.1, 0.15) is 24.2 Å². The molecule has 1 heterocycles. The summed E-state index contributed by atoms with van der Waals surface area (Å²) in [6.45, 7) is 4.64. The zero-order valence-corrected chi connectivity index (χ0v) is 12.7. The summed E-state index contributed by atoms with van der Waals surface area (Å²) in [5.41, 5.74) is 1.62. The number of carbonyl (C=O) groups excluding carboxylic acids is 1. The predicted molar refractivity (Wildman–Crippen MR) is 81.9 cm³/mol. The summed E-state index contributed by atoms with van der Waals surface area (Å²) in [4.78, 5) is 16.2. The molecule has 0 spiro atoms. The number of pyridine rings is 1. The van der Waals surface area contributed by atoms with Gasteiger partial charge in [0, 0.05) is 23.2 Å². The lowest BCUT2D eigenvalue weighted by molar-refractivity contribution is 0.0527. The van der Waals surface area contributed by atoms with Crippen LogP contribution in [0.5, 0.6) is 0 Å². The van der Waals surface area contributed by atoms with Crippen molar-refractivity contribution in [2.24, 2.45) is 0 Å². The van der Waals surface area contributed by atoms with Gasteiger partial charge in [-0.1, -0.05) is 23.2 Å². The van der Waals surface area contributed by atoms with Crippen molar-refractivity contribution in [1.29, 1.82) is 0 Å². The van der Waals surface area contributed by atoms with E-state index in [2.05, 4.69) is 10.3 Å². The maximum absolute atomic E-state index is 12.0. The average molecular weight is 313 g/mol. The van der Waals surface area contributed by atoms with Crippen LogP contribution >= 0.6 is 23.2 Å². The first kappa shape index (κ1) is 14.9. The van der Waals surface area contributed by atoms with Crippen LogP contribution in [0.15, 0.2) is 18.3 Å². The van der Waals surface area contributed by atoms with Gasteiger partial charge in [-0.05, 0) is 26.0 Å². The summed E-state index contributed by atoms with van der Waals surface area (Å²) < 4.78 is 5.04. The highest BCUT2D eigenvalue weighted by atomic mass is 35.5. The molecule has 6 heteroatoms. The van der Waals surface area contributed by atoms with Crippen LogP contribution < -0.4 is 5.32 Å². The maximum atomic E-state index is 12.0. The number of hydrogen-bond acceptors (Lipinski definition) is 4. The molecule has 2 aromatic rings. The SMILES string of the molecule is CCNc1c(C(=O)OCC)cnc2cc(Cl)cc(Cl)c12. The largest absolute Gasteiger partial charge is 0.462 e. The molecule has 0 aliphatic heterocycles. The summed E-state index contributed by atoms with van der Waals surface area (Å²) in [5, 5.41) is 4.77. The van der Waals surface area contributed by atoms with Crippen molar-refractivity contribution in [2.75, 3.05) is 18.5 Å². The Hall–Kier alpha value is -1.52. The number of ether oxygens (including phenoxy) is 1. The Balaban J connectivity index is 2.71. The number of halogens is 2. The molecule has 0 saturated carbocycles. The summed E-state index contributed by atoms with van der Waals surface area (Å²) in [7, 11) is 0. The molecule has 1 N–H and O–H groups in total. The molecule has 0 bridgehead atoms. The van der Waals surface area contributed by atoms with Gasteiger partial charge < -0.3 is 10.1 Å². The van der Waals surface area contributed by atoms with Crippen molar-refractivity contribution in [3.63, 3.8) is 0 Å². The summed E-state index contributed by atoms with van der Waals surface area (Å²) in [6, 6.07) is 3.33. The van der Waals surface area contributed by atoms with E-state index in [9.17, 15) is 4.79 Å². The minimum atomic E-state index is -0.427. The molecule has 0 saturated heterocycles. The first-order valence-electron chi connectivity index (χ1n) is 6.27. The first-order chi connectivity index (χ1) is 9.58. The minimum Gasteiger partial charge on any atom is -0.462 e. The lowest BCUT2D eigenvalue weighted by atomic mass is 10.1. The zero-order valence-electron chi connectivity index (χ0n) is 11.2. The highest BCUT2D eigenvalue weighted by molar-refractivity contribution is 6.39. The molecule has 20 heavy (non-hydrogen) atoms. The van der Waals surface area contributed by atoms with Crippen LogP contribution in [0.2, 0.25) is 10.0 Å². The van der Waals surface area contributed by atoms with Crippen molar-refractivity contribution in [2.45, 2.75) is 13.8 Å². The molecule has 0 unspecified atom stereocenters. The molecule has 0 radical (unpaired) electrons. The van der Waals surface area contributed by atoms with Crippen LogP contribution in [0, 0.1) is 0 Å². The van der Waals surface area contributed by atoms with E-state index in [0.29, 0.717) is 45.4 Å². The average Bonchev–Trinajstić information content (AvgIpc) is 2.38. The fraction of sp³-hybridized carbons (Fsp3) is 0.286. The topological polar surface area (TPSA) is 51.2 Å². The number of aromatic nitrogens is 1. The first-order valence-corrected chi connectivity index (χ1v) is 7.02. The van der Waals surface area contributed by atoms with Crippen LogP contribution in [0.4, 0.5) is 5.69 Å². The van der Waals surface area contributed by atoms with Gasteiger partial charge in [0.25, 0.3) is 0 Å². The molecule has 2 rings (SSSR count). The molecule has 1 aromatic heterocycles. The van der Waals surface area contributed by atoms with Gasteiger partial charge in [-0.25, -0.2) is 4.79 Å². The quantitative estimate of drug-likeness (QED) is 0.862. The number of hydrogen-bond donors (Lipinski definition) is 1. The normalized spacial score (nSPS) is 10.6. The van der Waals surface area contributed by atoms with Crippen molar-refractivity contribution in [3.8, 4) is 0 Å². The lowest BCUT2D eigenvalue weighted by Crippen LogP contribution is -2.11. The van der Waals surface area contributed by atoms with E-state index in [-0.39, 0.29) is 0 Å². The van der Waals surface area contributed by atoms with Gasteiger partial charge in [-0.2, -0.15) is 0 Å². The van der Waals surface area contributed by atoms with Gasteiger partial charge in [0.2, 0.25) is 0 Å². The zero-order chi connectivity index (χ0) is 14.7. The van der Waals surface area contributed by atoms with Crippen LogP contribution in [0.3, 0.4) is 0 Å². The van der Waals surface area contributed by atoms with Crippen molar-refractivity contribution >= 4 is 45.8 Å². The number of nitrogens with zero attached hydrogens (tertiary/aromatic N) is 1. The third-order valence-electron chi connectivity index (χ3n) is 2.74. The van der Waals surface area contributed by atoms with E-state index in [1.165, 1.54) is 6.20 Å². The van der Waals surface area contributed by atoms with Gasteiger partial charge in [-0.3, -0.25) is 4.98 Å². The number of rotatable bonds is 4. The number of nitrogens with one attached hydrogen (secondary N) is 1. The van der Waals surface area contributed by atoms with Crippen molar-refractivity contribution in [1.82, 2.24) is 4.98 Å². The smallest absolute Gasteiger partial charge is 0.341 e. The molecule has 0 aliphatic carbocycles. The van der Waals surface area contributed by atoms with Crippen LogP contribution in [-0.2, 0) is 4.74 Å². The molecule has 0 atom stereocenters. The minimum absolute atomic E-state index is 0.302. The Morgan fingerprint density at radius 3 is 2.75 bits per heavy atom. The lowest BCUT2D eigenvalue weighted by Gasteiger charge is -2.14. The Kier molecular flexibility index (Phi) is 4.68. The van der Waals surface area contributed by atoms with Gasteiger partial charge in [-0.15, -0.1) is 0 Å². The second-order valence-electron chi connectivity index (χ2n) is 4.08. The third-order valence-corrected chi connectivity index (χ3v) is 3.25. The Morgan fingerprint density at radius 1 is 1.35 bits per heavy atom. The summed E-state index contributed by atoms with van der Waals surface area (Å²) in [5.74, 6) is -0.427. The van der Waals surface area contributed by atoms with Gasteiger partial charge in [0.1, 0.15) is 5.56 Å². The number of anilines is 1. The molecular formula is C14H14Cl2N2O2. The molecule has 0 aliphatic rings. The summed E-state index contributed by atoms with van der Waals surface area (Å²) >= 11 is 12.2. The van der Waals surface area contributed by atoms with E-state index < -0.39 is 5.97 Å². The molecule has 1 aromatic carbocycles. The van der Waals surface area contributed by atoms with Gasteiger partial charge >= 0.3 is 5.97 Å². The monoisotopic (exact) mass is 312 g/mol. The van der Waals surface area contributed by atoms with E-state index in [1.807, 2.05) is 6.92 Å². The Morgan fingerprint density at radius 2 is 2.10 bits per heavy atom. The van der Waals surface area contributed by atoms with E-state index in [0.717, 1.165) is 0 Å². The van der Waals surface area contributed by atoms with E-state index in [4.69, 9.17) is 27.9 Å². The second kappa shape index (κ2) is 6.29. The van der Waals surface area contributed by atoms with Gasteiger partial charge in [0.05, 0.1) is 22.8 Å². The fourth-order valence-electron chi connectivity index (χ4n) is 1.97. The number of carbonyl (C=O) groups is 1. The van der Waals surface area contributed by atoms with Crippen molar-refractivity contribution in [3.05, 3.63) is 33.9 Å². The number of benzene rings is 1. The fourth-order valence-corrected chi connectivity index (χ4v) is 2.54.